The van der Waals surface area contributed by atoms with E-state index in [0.29, 0.717) is 12.8 Å². The van der Waals surface area contributed by atoms with Crippen LogP contribution in [0.15, 0.2) is 6.07 Å². The maximum absolute atomic E-state index is 12.5. The highest BCUT2D eigenvalue weighted by Gasteiger charge is 2.34. The molecule has 0 radical (unpaired) electrons. The molecule has 1 fully saturated rings. The fraction of sp³-hybridized carbons (Fsp3) is 0.636. The van der Waals surface area contributed by atoms with Crippen LogP contribution < -0.4 is 5.32 Å². The third kappa shape index (κ3) is 3.70. The number of aliphatic hydroxyl groups is 1. The summed E-state index contributed by atoms with van der Waals surface area (Å²) in [5.41, 5.74) is -1.98. The van der Waals surface area contributed by atoms with Crippen LogP contribution in [0, 0.1) is 0 Å². The third-order valence-corrected chi connectivity index (χ3v) is 3.29. The van der Waals surface area contributed by atoms with Crippen LogP contribution in [0.3, 0.4) is 0 Å². The van der Waals surface area contributed by atoms with Crippen LogP contribution in [-0.2, 0) is 6.18 Å². The number of anilines is 1. The van der Waals surface area contributed by atoms with Crippen molar-refractivity contribution in [2.24, 2.45) is 0 Å². The number of halogens is 4. The van der Waals surface area contributed by atoms with E-state index in [4.69, 9.17) is 11.6 Å². The molecule has 1 saturated carbocycles. The van der Waals surface area contributed by atoms with E-state index in [1.165, 1.54) is 0 Å². The molecule has 19 heavy (non-hydrogen) atoms. The summed E-state index contributed by atoms with van der Waals surface area (Å²) < 4.78 is 37.6. The number of hydrogen-bond donors (Lipinski definition) is 2. The van der Waals surface area contributed by atoms with E-state index in [0.717, 1.165) is 18.9 Å². The van der Waals surface area contributed by atoms with E-state index in [9.17, 15) is 18.3 Å². The highest BCUT2D eigenvalue weighted by molar-refractivity contribution is 6.28. The Balaban J connectivity index is 2.10. The maximum Gasteiger partial charge on any atom is 0.433 e. The van der Waals surface area contributed by atoms with Gasteiger partial charge in [-0.15, -0.1) is 0 Å². The van der Waals surface area contributed by atoms with Crippen LogP contribution in [0.25, 0.3) is 0 Å². The molecule has 0 bridgehead atoms. The van der Waals surface area contributed by atoms with Crippen molar-refractivity contribution in [2.75, 3.05) is 11.9 Å². The second-order valence-electron chi connectivity index (χ2n) is 4.69. The zero-order chi connectivity index (χ0) is 14.1. The quantitative estimate of drug-likeness (QED) is 0.842. The van der Waals surface area contributed by atoms with Gasteiger partial charge in [0, 0.05) is 12.6 Å². The molecule has 2 N–H and O–H groups in total. The summed E-state index contributed by atoms with van der Waals surface area (Å²) in [5.74, 6) is -0.0346. The van der Waals surface area contributed by atoms with E-state index in [2.05, 4.69) is 15.3 Å². The van der Waals surface area contributed by atoms with Crippen LogP contribution in [0.1, 0.15) is 31.4 Å². The highest BCUT2D eigenvalue weighted by Crippen LogP contribution is 2.31. The number of nitrogens with one attached hydrogen (secondary N) is 1. The smallest absolute Gasteiger partial charge is 0.388 e. The fourth-order valence-electron chi connectivity index (χ4n) is 2.12. The van der Waals surface area contributed by atoms with Gasteiger partial charge in [0.15, 0.2) is 5.69 Å². The summed E-state index contributed by atoms with van der Waals surface area (Å²) in [5, 5.41) is 12.3. The van der Waals surface area contributed by atoms with Gasteiger partial charge in [0.05, 0.1) is 5.60 Å². The highest BCUT2D eigenvalue weighted by atomic mass is 35.5. The van der Waals surface area contributed by atoms with Crippen molar-refractivity contribution in [1.29, 1.82) is 0 Å². The minimum Gasteiger partial charge on any atom is -0.388 e. The Kier molecular flexibility index (Phi) is 3.87. The first-order chi connectivity index (χ1) is 8.78. The molecule has 1 aromatic heterocycles. The second kappa shape index (κ2) is 5.13. The standard InChI is InChI=1S/C11H13ClF3N3O/c12-9-17-7(11(13,14)15)5-8(18-9)16-6-10(19)3-1-2-4-10/h5,19H,1-4,6H2,(H,16,17,18). The summed E-state index contributed by atoms with van der Waals surface area (Å²) in [6.45, 7) is 0.150. The Morgan fingerprint density at radius 2 is 1.95 bits per heavy atom. The summed E-state index contributed by atoms with van der Waals surface area (Å²) in [6.07, 6.45) is -1.49. The molecule has 4 nitrogen and oxygen atoms in total. The predicted molar refractivity (Wildman–Crippen MR) is 64.0 cm³/mol. The molecular formula is C11H13ClF3N3O. The molecule has 0 saturated heterocycles. The van der Waals surface area contributed by atoms with Crippen LogP contribution in [0.2, 0.25) is 5.28 Å². The average molecular weight is 296 g/mol. The molecule has 1 aliphatic carbocycles. The summed E-state index contributed by atoms with van der Waals surface area (Å²) in [4.78, 5) is 6.80. The molecule has 0 aliphatic heterocycles. The van der Waals surface area contributed by atoms with Crippen molar-refractivity contribution in [1.82, 2.24) is 9.97 Å². The number of alkyl halides is 3. The molecule has 8 heteroatoms. The van der Waals surface area contributed by atoms with Crippen molar-refractivity contribution in [3.8, 4) is 0 Å². The number of rotatable bonds is 3. The SMILES string of the molecule is OC1(CNc2cc(C(F)(F)F)nc(Cl)n2)CCCC1. The molecule has 0 aromatic carbocycles. The number of nitrogens with zero attached hydrogens (tertiary/aromatic N) is 2. The topological polar surface area (TPSA) is 58.0 Å². The Morgan fingerprint density at radius 1 is 1.32 bits per heavy atom. The zero-order valence-electron chi connectivity index (χ0n) is 9.97. The molecular weight excluding hydrogens is 283 g/mol. The van der Waals surface area contributed by atoms with Gasteiger partial charge in [0.1, 0.15) is 5.82 Å². The Bertz CT molecular complexity index is 461. The second-order valence-corrected chi connectivity index (χ2v) is 5.03. The molecule has 2 rings (SSSR count). The summed E-state index contributed by atoms with van der Waals surface area (Å²) >= 11 is 5.46. The van der Waals surface area contributed by atoms with Gasteiger partial charge in [0.2, 0.25) is 5.28 Å². The van der Waals surface area contributed by atoms with E-state index < -0.39 is 22.8 Å². The minimum atomic E-state index is -4.58. The lowest BCUT2D eigenvalue weighted by Gasteiger charge is -2.22. The van der Waals surface area contributed by atoms with Crippen molar-refractivity contribution in [3.63, 3.8) is 0 Å². The van der Waals surface area contributed by atoms with Crippen LogP contribution >= 0.6 is 11.6 Å². The van der Waals surface area contributed by atoms with Gasteiger partial charge in [0.25, 0.3) is 0 Å². The predicted octanol–water partition coefficient (Wildman–Crippen LogP) is 2.87. The van der Waals surface area contributed by atoms with Gasteiger partial charge in [-0.05, 0) is 24.4 Å². The first-order valence-corrected chi connectivity index (χ1v) is 6.24. The molecule has 106 valence electrons. The Hall–Kier alpha value is -1.08. The normalized spacial score (nSPS) is 18.6. The van der Waals surface area contributed by atoms with E-state index in [1.807, 2.05) is 0 Å². The van der Waals surface area contributed by atoms with Crippen molar-refractivity contribution in [2.45, 2.75) is 37.5 Å². The first kappa shape index (κ1) is 14.3. The largest absolute Gasteiger partial charge is 0.433 e. The lowest BCUT2D eigenvalue weighted by Crippen LogP contribution is -2.33. The molecule has 0 unspecified atom stereocenters. The third-order valence-electron chi connectivity index (χ3n) is 3.12. The van der Waals surface area contributed by atoms with Gasteiger partial charge in [-0.25, -0.2) is 9.97 Å². The molecule has 1 aromatic rings. The van der Waals surface area contributed by atoms with E-state index in [-0.39, 0.29) is 12.4 Å². The maximum atomic E-state index is 12.5. The molecule has 1 aliphatic rings. The average Bonchev–Trinajstić information content (AvgIpc) is 2.72. The lowest BCUT2D eigenvalue weighted by molar-refractivity contribution is -0.141. The van der Waals surface area contributed by atoms with Gasteiger partial charge >= 0.3 is 6.18 Å². The van der Waals surface area contributed by atoms with Crippen molar-refractivity contribution in [3.05, 3.63) is 17.0 Å². The summed E-state index contributed by atoms with van der Waals surface area (Å²) in [7, 11) is 0. The van der Waals surface area contributed by atoms with Crippen molar-refractivity contribution >= 4 is 17.4 Å². The molecule has 0 amide bonds. The Labute approximate surface area is 113 Å². The van der Waals surface area contributed by atoms with E-state index in [1.54, 1.807) is 0 Å². The lowest BCUT2D eigenvalue weighted by atomic mass is 10.0. The van der Waals surface area contributed by atoms with Gasteiger partial charge < -0.3 is 10.4 Å². The zero-order valence-corrected chi connectivity index (χ0v) is 10.7. The van der Waals surface area contributed by atoms with Gasteiger partial charge in [-0.1, -0.05) is 12.8 Å². The molecule has 0 spiro atoms. The molecule has 1 heterocycles. The molecule has 0 atom stereocenters. The van der Waals surface area contributed by atoms with Crippen LogP contribution in [0.4, 0.5) is 19.0 Å². The van der Waals surface area contributed by atoms with E-state index >= 15 is 0 Å². The summed E-state index contributed by atoms with van der Waals surface area (Å²) in [6, 6.07) is 0.782. The number of aromatic nitrogens is 2. The minimum absolute atomic E-state index is 0.0346. The monoisotopic (exact) mass is 295 g/mol. The van der Waals surface area contributed by atoms with Crippen LogP contribution in [-0.4, -0.2) is 27.2 Å². The van der Waals surface area contributed by atoms with Crippen LogP contribution in [0.5, 0.6) is 0 Å². The van der Waals surface area contributed by atoms with Gasteiger partial charge in [-0.2, -0.15) is 13.2 Å². The van der Waals surface area contributed by atoms with Gasteiger partial charge in [-0.3, -0.25) is 0 Å². The Morgan fingerprint density at radius 3 is 2.53 bits per heavy atom. The van der Waals surface area contributed by atoms with Crippen molar-refractivity contribution < 1.29 is 18.3 Å². The first-order valence-electron chi connectivity index (χ1n) is 5.87. The fourth-order valence-corrected chi connectivity index (χ4v) is 2.30. The number of hydrogen-bond acceptors (Lipinski definition) is 4.